The maximum absolute atomic E-state index is 6.64. The summed E-state index contributed by atoms with van der Waals surface area (Å²) in [4.78, 5) is 2.54. The molecule has 2 heteroatoms. The first-order chi connectivity index (χ1) is 16.6. The van der Waals surface area contributed by atoms with Crippen molar-refractivity contribution < 1.29 is 4.74 Å². The predicted octanol–water partition coefficient (Wildman–Crippen LogP) is 8.25. The van der Waals surface area contributed by atoms with E-state index in [1.165, 1.54) is 46.4 Å². The van der Waals surface area contributed by atoms with E-state index in [2.05, 4.69) is 102 Å². The van der Waals surface area contributed by atoms with Gasteiger partial charge in [-0.15, -0.1) is 0 Å². The third kappa shape index (κ3) is 4.96. The van der Waals surface area contributed by atoms with Crippen LogP contribution in [0.3, 0.4) is 0 Å². The molecule has 2 aromatic rings. The highest BCUT2D eigenvalue weighted by Gasteiger charge is 2.55. The SMILES string of the molecule is C=C(c1ccc(CC(C)C)c(CC)c1)N1CCC2(CC1)Cc1ccccc1C(OC(C)C)C2(C)C. The van der Waals surface area contributed by atoms with E-state index in [0.717, 1.165) is 32.4 Å². The Morgan fingerprint density at radius 2 is 1.71 bits per heavy atom. The van der Waals surface area contributed by atoms with Crippen molar-refractivity contribution in [2.24, 2.45) is 16.7 Å². The Morgan fingerprint density at radius 1 is 1.03 bits per heavy atom. The van der Waals surface area contributed by atoms with E-state index in [-0.39, 0.29) is 23.0 Å². The Hall–Kier alpha value is -2.06. The average molecular weight is 474 g/mol. The normalized spacial score (nSPS) is 20.9. The van der Waals surface area contributed by atoms with Gasteiger partial charge in [-0.05, 0) is 91.2 Å². The van der Waals surface area contributed by atoms with Gasteiger partial charge in [0.05, 0.1) is 12.2 Å². The highest BCUT2D eigenvalue weighted by Crippen LogP contribution is 2.60. The zero-order valence-corrected chi connectivity index (χ0v) is 23.3. The lowest BCUT2D eigenvalue weighted by atomic mass is 9.51. The van der Waals surface area contributed by atoms with Gasteiger partial charge in [0.15, 0.2) is 0 Å². The van der Waals surface area contributed by atoms with Gasteiger partial charge >= 0.3 is 0 Å². The zero-order chi connectivity index (χ0) is 25.4. The molecular weight excluding hydrogens is 426 g/mol. The largest absolute Gasteiger partial charge is 0.371 e. The highest BCUT2D eigenvalue weighted by atomic mass is 16.5. The Labute approximate surface area is 214 Å². The van der Waals surface area contributed by atoms with Crippen molar-refractivity contribution in [2.75, 3.05) is 13.1 Å². The molecule has 1 aliphatic carbocycles. The van der Waals surface area contributed by atoms with Gasteiger partial charge in [-0.25, -0.2) is 0 Å². The molecule has 1 fully saturated rings. The number of hydrogen-bond donors (Lipinski definition) is 0. The first-order valence-corrected chi connectivity index (χ1v) is 13.9. The van der Waals surface area contributed by atoms with E-state index < -0.39 is 0 Å². The quantitative estimate of drug-likeness (QED) is 0.401. The molecule has 0 amide bonds. The minimum absolute atomic E-state index is 0.0763. The fraction of sp³-hybridized carbons (Fsp3) is 0.576. The zero-order valence-electron chi connectivity index (χ0n) is 23.3. The van der Waals surface area contributed by atoms with Gasteiger partial charge in [0.1, 0.15) is 0 Å². The summed E-state index contributed by atoms with van der Waals surface area (Å²) >= 11 is 0. The number of piperidine rings is 1. The fourth-order valence-corrected chi connectivity index (χ4v) is 6.71. The molecule has 0 radical (unpaired) electrons. The minimum Gasteiger partial charge on any atom is -0.371 e. The van der Waals surface area contributed by atoms with Crippen LogP contribution in [0.5, 0.6) is 0 Å². The molecule has 0 aromatic heterocycles. The van der Waals surface area contributed by atoms with E-state index in [1.807, 2.05) is 0 Å². The number of hydrogen-bond acceptors (Lipinski definition) is 2. The average Bonchev–Trinajstić information content (AvgIpc) is 2.82. The third-order valence-electron chi connectivity index (χ3n) is 8.95. The van der Waals surface area contributed by atoms with Crippen LogP contribution in [0.2, 0.25) is 0 Å². The summed E-state index contributed by atoms with van der Waals surface area (Å²) < 4.78 is 6.64. The predicted molar refractivity (Wildman–Crippen MR) is 150 cm³/mol. The lowest BCUT2D eigenvalue weighted by Crippen LogP contribution is -2.53. The number of rotatable bonds is 7. The number of benzene rings is 2. The number of ether oxygens (including phenoxy) is 1. The Kier molecular flexibility index (Phi) is 7.53. The highest BCUT2D eigenvalue weighted by molar-refractivity contribution is 5.63. The van der Waals surface area contributed by atoms with Gasteiger partial charge in [0, 0.05) is 24.2 Å². The molecular formula is C33H47NO. The van der Waals surface area contributed by atoms with Gasteiger partial charge in [-0.1, -0.05) is 77.6 Å². The van der Waals surface area contributed by atoms with E-state index in [0.29, 0.717) is 5.92 Å². The second kappa shape index (κ2) is 10.1. The van der Waals surface area contributed by atoms with Crippen LogP contribution in [0.1, 0.15) is 95.2 Å². The molecule has 2 nitrogen and oxygen atoms in total. The van der Waals surface area contributed by atoms with E-state index in [1.54, 1.807) is 0 Å². The molecule has 0 bridgehead atoms. The maximum atomic E-state index is 6.64. The molecule has 1 aliphatic heterocycles. The Balaban J connectivity index is 1.55. The third-order valence-corrected chi connectivity index (χ3v) is 8.95. The molecule has 2 aromatic carbocycles. The Morgan fingerprint density at radius 3 is 2.34 bits per heavy atom. The summed E-state index contributed by atoms with van der Waals surface area (Å²) in [5, 5.41) is 0. The van der Waals surface area contributed by atoms with Crippen molar-refractivity contribution in [3.8, 4) is 0 Å². The van der Waals surface area contributed by atoms with Crippen LogP contribution in [-0.2, 0) is 24.0 Å². The molecule has 1 saturated heterocycles. The molecule has 35 heavy (non-hydrogen) atoms. The van der Waals surface area contributed by atoms with Crippen molar-refractivity contribution >= 4 is 5.70 Å². The lowest BCUT2D eigenvalue weighted by Gasteiger charge is -2.58. The summed E-state index contributed by atoms with van der Waals surface area (Å²) in [7, 11) is 0. The maximum Gasteiger partial charge on any atom is 0.0887 e. The van der Waals surface area contributed by atoms with Crippen molar-refractivity contribution in [1.82, 2.24) is 4.90 Å². The van der Waals surface area contributed by atoms with Gasteiger partial charge < -0.3 is 9.64 Å². The smallest absolute Gasteiger partial charge is 0.0887 e. The van der Waals surface area contributed by atoms with E-state index in [4.69, 9.17) is 4.74 Å². The standard InChI is InChI=1S/C33H47NO/c1-9-26-21-27(14-15-28(26)20-23(2)3)25(6)34-18-16-33(17-19-34)22-29-12-10-11-13-30(29)31(32(33,7)8)35-24(4)5/h10-15,21,23-24,31H,6,9,16-20,22H2,1-5,7-8H3. The monoisotopic (exact) mass is 473 g/mol. The first-order valence-electron chi connectivity index (χ1n) is 13.9. The van der Waals surface area contributed by atoms with Crippen molar-refractivity contribution in [3.63, 3.8) is 0 Å². The summed E-state index contributed by atoms with van der Waals surface area (Å²) in [6, 6.07) is 16.0. The van der Waals surface area contributed by atoms with Crippen LogP contribution >= 0.6 is 0 Å². The van der Waals surface area contributed by atoms with Crippen molar-refractivity contribution in [1.29, 1.82) is 0 Å². The van der Waals surface area contributed by atoms with Crippen LogP contribution in [0, 0.1) is 16.7 Å². The first kappa shape index (κ1) is 26.0. The topological polar surface area (TPSA) is 12.5 Å². The lowest BCUT2D eigenvalue weighted by molar-refractivity contribution is -0.140. The van der Waals surface area contributed by atoms with Gasteiger partial charge in [0.25, 0.3) is 0 Å². The van der Waals surface area contributed by atoms with Crippen molar-refractivity contribution in [3.05, 3.63) is 76.9 Å². The summed E-state index contributed by atoms with van der Waals surface area (Å²) in [5.74, 6) is 0.681. The number of likely N-dealkylation sites (tertiary alicyclic amines) is 1. The second-order valence-electron chi connectivity index (χ2n) is 12.3. The van der Waals surface area contributed by atoms with Crippen LogP contribution in [-0.4, -0.2) is 24.1 Å². The molecule has 1 heterocycles. The Bertz CT molecular complexity index is 1040. The van der Waals surface area contributed by atoms with Crippen LogP contribution < -0.4 is 0 Å². The van der Waals surface area contributed by atoms with Crippen LogP contribution in [0.4, 0.5) is 0 Å². The molecule has 2 aliphatic rings. The van der Waals surface area contributed by atoms with Crippen LogP contribution in [0.25, 0.3) is 5.70 Å². The molecule has 1 unspecified atom stereocenters. The van der Waals surface area contributed by atoms with Gasteiger partial charge in [0.2, 0.25) is 0 Å². The fourth-order valence-electron chi connectivity index (χ4n) is 6.71. The number of aryl methyl sites for hydroxylation is 1. The molecule has 1 spiro atoms. The van der Waals surface area contributed by atoms with Gasteiger partial charge in [-0.2, -0.15) is 0 Å². The van der Waals surface area contributed by atoms with E-state index >= 15 is 0 Å². The molecule has 0 N–H and O–H groups in total. The summed E-state index contributed by atoms with van der Waals surface area (Å²) in [6.07, 6.45) is 6.10. The van der Waals surface area contributed by atoms with Gasteiger partial charge in [-0.3, -0.25) is 0 Å². The summed E-state index contributed by atoms with van der Waals surface area (Å²) in [6.45, 7) is 22.8. The number of nitrogens with zero attached hydrogens (tertiary/aromatic N) is 1. The minimum atomic E-state index is 0.0763. The summed E-state index contributed by atoms with van der Waals surface area (Å²) in [5.41, 5.74) is 8.66. The molecule has 0 saturated carbocycles. The molecule has 1 atom stereocenters. The van der Waals surface area contributed by atoms with E-state index in [9.17, 15) is 0 Å². The molecule has 190 valence electrons. The van der Waals surface area contributed by atoms with Crippen molar-refractivity contribution in [2.45, 2.75) is 92.8 Å². The molecule has 4 rings (SSSR count). The number of fused-ring (bicyclic) bond motifs is 1. The van der Waals surface area contributed by atoms with Crippen LogP contribution in [0.15, 0.2) is 49.0 Å². The second-order valence-corrected chi connectivity index (χ2v) is 12.3.